The molecule has 0 aliphatic carbocycles. The number of hydrogen-bond acceptors (Lipinski definition) is 6. The zero-order valence-electron chi connectivity index (χ0n) is 9.69. The predicted octanol–water partition coefficient (Wildman–Crippen LogP) is 3.83. The maximum atomic E-state index is 9.84. The van der Waals surface area contributed by atoms with Crippen LogP contribution in [0.15, 0.2) is 25.5 Å². The SMILES string of the molecule is Cc1csc(N/N=C\c2cc(Br)c(O)c(Br)c2O)n1. The Balaban J connectivity index is 2.19. The molecule has 0 saturated heterocycles. The Labute approximate surface area is 130 Å². The van der Waals surface area contributed by atoms with E-state index in [4.69, 9.17) is 0 Å². The number of hydrazone groups is 1. The lowest BCUT2D eigenvalue weighted by Gasteiger charge is -2.06. The highest BCUT2D eigenvalue weighted by Crippen LogP contribution is 2.40. The Morgan fingerprint density at radius 1 is 1.37 bits per heavy atom. The number of thiazole rings is 1. The number of phenols is 2. The third-order valence-corrected chi connectivity index (χ3v) is 4.40. The molecule has 0 aliphatic rings. The molecule has 2 rings (SSSR count). The summed E-state index contributed by atoms with van der Waals surface area (Å²) in [6, 6.07) is 1.56. The summed E-state index contributed by atoms with van der Waals surface area (Å²) in [4.78, 5) is 4.19. The number of aryl methyl sites for hydroxylation is 1. The molecule has 5 nitrogen and oxygen atoms in total. The summed E-state index contributed by atoms with van der Waals surface area (Å²) in [5, 5.41) is 26.0. The molecule has 100 valence electrons. The molecule has 0 saturated carbocycles. The van der Waals surface area contributed by atoms with Gasteiger partial charge in [0.15, 0.2) is 0 Å². The molecule has 0 aliphatic heterocycles. The maximum absolute atomic E-state index is 9.84. The molecule has 0 amide bonds. The van der Waals surface area contributed by atoms with Gasteiger partial charge >= 0.3 is 0 Å². The van der Waals surface area contributed by atoms with Gasteiger partial charge in [-0.3, -0.25) is 5.43 Å². The summed E-state index contributed by atoms with van der Waals surface area (Å²) in [5.41, 5.74) is 4.14. The Kier molecular flexibility index (Phi) is 4.43. The smallest absolute Gasteiger partial charge is 0.203 e. The first-order valence-electron chi connectivity index (χ1n) is 5.10. The summed E-state index contributed by atoms with van der Waals surface area (Å²) >= 11 is 7.73. The van der Waals surface area contributed by atoms with E-state index in [1.165, 1.54) is 17.6 Å². The third kappa shape index (κ3) is 3.26. The van der Waals surface area contributed by atoms with Crippen LogP contribution >= 0.6 is 43.2 Å². The molecule has 1 aromatic heterocycles. The van der Waals surface area contributed by atoms with E-state index in [0.717, 1.165) is 5.69 Å². The fourth-order valence-electron chi connectivity index (χ4n) is 1.28. The van der Waals surface area contributed by atoms with Crippen LogP contribution in [0.2, 0.25) is 0 Å². The van der Waals surface area contributed by atoms with Gasteiger partial charge < -0.3 is 10.2 Å². The lowest BCUT2D eigenvalue weighted by atomic mass is 10.2. The summed E-state index contributed by atoms with van der Waals surface area (Å²) in [6.07, 6.45) is 1.45. The number of nitrogens with zero attached hydrogens (tertiary/aromatic N) is 2. The molecule has 0 unspecified atom stereocenters. The van der Waals surface area contributed by atoms with Crippen LogP contribution in [0.1, 0.15) is 11.3 Å². The van der Waals surface area contributed by atoms with Gasteiger partial charge in [-0.1, -0.05) is 0 Å². The van der Waals surface area contributed by atoms with Crippen LogP contribution in [-0.2, 0) is 0 Å². The van der Waals surface area contributed by atoms with Gasteiger partial charge in [-0.05, 0) is 44.8 Å². The van der Waals surface area contributed by atoms with Crippen molar-refractivity contribution in [2.75, 3.05) is 5.43 Å². The minimum Gasteiger partial charge on any atom is -0.506 e. The van der Waals surface area contributed by atoms with Crippen LogP contribution in [0.5, 0.6) is 11.5 Å². The molecule has 0 radical (unpaired) electrons. The molecule has 3 N–H and O–H groups in total. The fraction of sp³-hybridized carbons (Fsp3) is 0.0909. The number of rotatable bonds is 3. The van der Waals surface area contributed by atoms with Gasteiger partial charge in [0, 0.05) is 10.9 Å². The fourth-order valence-corrected chi connectivity index (χ4v) is 3.07. The van der Waals surface area contributed by atoms with E-state index >= 15 is 0 Å². The molecule has 0 atom stereocenters. The standard InChI is InChI=1S/C11H9Br2N3O2S/c1-5-4-19-11(15-5)16-14-3-6-2-7(12)10(18)8(13)9(6)17/h2-4,17-18H,1H3,(H,15,16)/b14-3-. The van der Waals surface area contributed by atoms with E-state index in [0.29, 0.717) is 15.2 Å². The van der Waals surface area contributed by atoms with Crippen molar-refractivity contribution in [2.24, 2.45) is 5.10 Å². The van der Waals surface area contributed by atoms with Crippen LogP contribution in [0, 0.1) is 6.92 Å². The van der Waals surface area contributed by atoms with Gasteiger partial charge in [0.2, 0.25) is 5.13 Å². The van der Waals surface area contributed by atoms with E-state index < -0.39 is 0 Å². The Morgan fingerprint density at radius 2 is 2.11 bits per heavy atom. The third-order valence-electron chi connectivity index (χ3n) is 2.18. The highest BCUT2D eigenvalue weighted by Gasteiger charge is 2.12. The highest BCUT2D eigenvalue weighted by atomic mass is 79.9. The first kappa shape index (κ1) is 14.3. The molecule has 0 fully saturated rings. The number of phenolic OH excluding ortho intramolecular Hbond substituents is 2. The number of hydrogen-bond donors (Lipinski definition) is 3. The number of aromatic nitrogens is 1. The second-order valence-corrected chi connectivity index (χ2v) is 6.13. The van der Waals surface area contributed by atoms with Crippen LogP contribution in [0.25, 0.3) is 0 Å². The minimum atomic E-state index is -0.0819. The Morgan fingerprint density at radius 3 is 2.74 bits per heavy atom. The van der Waals surface area contributed by atoms with Crippen molar-refractivity contribution in [3.05, 3.63) is 31.6 Å². The van der Waals surface area contributed by atoms with Crippen molar-refractivity contribution in [1.29, 1.82) is 0 Å². The topological polar surface area (TPSA) is 77.7 Å². The summed E-state index contributed by atoms with van der Waals surface area (Å²) in [5.74, 6) is -0.139. The monoisotopic (exact) mass is 405 g/mol. The molecule has 1 heterocycles. The van der Waals surface area contributed by atoms with Gasteiger partial charge in [-0.25, -0.2) is 4.98 Å². The van der Waals surface area contributed by atoms with E-state index in [1.54, 1.807) is 6.07 Å². The predicted molar refractivity (Wildman–Crippen MR) is 83.2 cm³/mol. The van der Waals surface area contributed by atoms with E-state index in [2.05, 4.69) is 47.4 Å². The van der Waals surface area contributed by atoms with Crippen molar-refractivity contribution >= 4 is 54.5 Å². The average Bonchev–Trinajstić information content (AvgIpc) is 2.79. The molecular weight excluding hydrogens is 398 g/mol. The lowest BCUT2D eigenvalue weighted by Crippen LogP contribution is -1.91. The molecule has 0 spiro atoms. The van der Waals surface area contributed by atoms with E-state index in [9.17, 15) is 10.2 Å². The minimum absolute atomic E-state index is 0.0573. The molecule has 19 heavy (non-hydrogen) atoms. The normalized spacial score (nSPS) is 11.1. The van der Waals surface area contributed by atoms with Crippen LogP contribution < -0.4 is 5.43 Å². The van der Waals surface area contributed by atoms with Crippen molar-refractivity contribution in [2.45, 2.75) is 6.92 Å². The van der Waals surface area contributed by atoms with Gasteiger partial charge in [-0.2, -0.15) is 5.10 Å². The average molecular weight is 407 g/mol. The number of aromatic hydroxyl groups is 2. The maximum Gasteiger partial charge on any atom is 0.203 e. The summed E-state index contributed by atoms with van der Waals surface area (Å²) < 4.78 is 0.678. The van der Waals surface area contributed by atoms with Crippen LogP contribution in [0.3, 0.4) is 0 Å². The highest BCUT2D eigenvalue weighted by molar-refractivity contribution is 9.11. The number of nitrogens with one attached hydrogen (secondary N) is 1. The number of benzene rings is 1. The van der Waals surface area contributed by atoms with E-state index in [1.807, 2.05) is 12.3 Å². The van der Waals surface area contributed by atoms with Crippen molar-refractivity contribution in [3.63, 3.8) is 0 Å². The molecule has 8 heteroatoms. The quantitative estimate of drug-likeness (QED) is 0.534. The van der Waals surface area contributed by atoms with Gasteiger partial charge in [-0.15, -0.1) is 11.3 Å². The zero-order valence-corrected chi connectivity index (χ0v) is 13.7. The number of anilines is 1. The second kappa shape index (κ2) is 5.89. The van der Waals surface area contributed by atoms with Gasteiger partial charge in [0.25, 0.3) is 0 Å². The zero-order chi connectivity index (χ0) is 14.0. The van der Waals surface area contributed by atoms with Crippen LogP contribution in [0.4, 0.5) is 5.13 Å². The first-order chi connectivity index (χ1) is 8.99. The van der Waals surface area contributed by atoms with Crippen molar-refractivity contribution < 1.29 is 10.2 Å². The van der Waals surface area contributed by atoms with Crippen molar-refractivity contribution in [1.82, 2.24) is 4.98 Å². The van der Waals surface area contributed by atoms with Crippen LogP contribution in [-0.4, -0.2) is 21.4 Å². The number of halogens is 2. The van der Waals surface area contributed by atoms with Gasteiger partial charge in [0.05, 0.1) is 16.4 Å². The Bertz CT molecular complexity index is 643. The summed E-state index contributed by atoms with van der Waals surface area (Å²) in [6.45, 7) is 1.89. The van der Waals surface area contributed by atoms with E-state index in [-0.39, 0.29) is 16.0 Å². The molecule has 0 bridgehead atoms. The largest absolute Gasteiger partial charge is 0.506 e. The molecule has 1 aromatic carbocycles. The lowest BCUT2D eigenvalue weighted by molar-refractivity contribution is 0.442. The first-order valence-corrected chi connectivity index (χ1v) is 7.56. The van der Waals surface area contributed by atoms with Crippen molar-refractivity contribution in [3.8, 4) is 11.5 Å². The molecular formula is C11H9Br2N3O2S. The van der Waals surface area contributed by atoms with Gasteiger partial charge in [0.1, 0.15) is 16.0 Å². The second-order valence-electron chi connectivity index (χ2n) is 3.62. The molecule has 2 aromatic rings. The Hall–Kier alpha value is -1.12. The summed E-state index contributed by atoms with van der Waals surface area (Å²) in [7, 11) is 0.